The van der Waals surface area contributed by atoms with Gasteiger partial charge in [-0.05, 0) is 105 Å². The molecule has 0 aliphatic rings. The molecule has 3 heterocycles. The summed E-state index contributed by atoms with van der Waals surface area (Å²) in [6, 6.07) is 38.2. The maximum absolute atomic E-state index is 11.2. The van der Waals surface area contributed by atoms with Crippen LogP contribution in [0.15, 0.2) is 125 Å². The number of hydrogen-bond acceptors (Lipinski definition) is 4. The Bertz CT molecular complexity index is 2400. The van der Waals surface area contributed by atoms with E-state index in [0.717, 1.165) is 48.7 Å². The zero-order valence-corrected chi connectivity index (χ0v) is 32.0. The van der Waals surface area contributed by atoms with Crippen molar-refractivity contribution in [2.45, 2.75) is 88.5 Å². The van der Waals surface area contributed by atoms with E-state index in [-0.39, 0.29) is 22.0 Å². The second-order valence-corrected chi connectivity index (χ2v) is 17.8. The molecule has 7 rings (SSSR count). The largest absolute Gasteiger partial charge is 0.506 e. The molecular formula is C46H47N3OS. The minimum absolute atomic E-state index is 0.0192. The lowest BCUT2D eigenvalue weighted by Gasteiger charge is -2.25. The topological polar surface area (TPSA) is 50.9 Å². The van der Waals surface area contributed by atoms with Gasteiger partial charge in [0.2, 0.25) is 0 Å². The van der Waals surface area contributed by atoms with Crippen molar-refractivity contribution in [3.63, 3.8) is 0 Å². The third-order valence-electron chi connectivity index (χ3n) is 9.65. The van der Waals surface area contributed by atoms with Crippen LogP contribution >= 0.6 is 11.8 Å². The highest BCUT2D eigenvalue weighted by Gasteiger charge is 2.27. The zero-order valence-electron chi connectivity index (χ0n) is 31.2. The number of phenolic OH excluding ortho intramolecular Hbond substituents is 1. The molecule has 0 aliphatic heterocycles. The fourth-order valence-electron chi connectivity index (χ4n) is 6.71. The van der Waals surface area contributed by atoms with Gasteiger partial charge in [-0.25, -0.2) is 9.97 Å². The Kier molecular flexibility index (Phi) is 8.62. The van der Waals surface area contributed by atoms with Gasteiger partial charge in [0, 0.05) is 27.4 Å². The first-order valence-corrected chi connectivity index (χ1v) is 18.5. The predicted octanol–water partition coefficient (Wildman–Crippen LogP) is 12.7. The van der Waals surface area contributed by atoms with E-state index in [2.05, 4.69) is 146 Å². The van der Waals surface area contributed by atoms with Crippen LogP contribution in [-0.4, -0.2) is 19.6 Å². The molecule has 0 saturated heterocycles. The summed E-state index contributed by atoms with van der Waals surface area (Å²) in [5.41, 5.74) is 10.3. The lowest BCUT2D eigenvalue weighted by Crippen LogP contribution is -2.15. The van der Waals surface area contributed by atoms with E-state index in [0.29, 0.717) is 5.69 Å². The highest BCUT2D eigenvalue weighted by Crippen LogP contribution is 2.43. The first-order chi connectivity index (χ1) is 24.1. The van der Waals surface area contributed by atoms with Crippen LogP contribution in [0.3, 0.4) is 0 Å². The number of hydrogen-bond donors (Lipinski definition) is 1. The van der Waals surface area contributed by atoms with Crippen molar-refractivity contribution in [2.24, 2.45) is 0 Å². The third kappa shape index (κ3) is 6.80. The van der Waals surface area contributed by atoms with E-state index < -0.39 is 0 Å². The molecule has 4 nitrogen and oxygen atoms in total. The number of aromatic nitrogens is 3. The number of aromatic hydroxyl groups is 1. The average molecular weight is 690 g/mol. The molecule has 0 bridgehead atoms. The summed E-state index contributed by atoms with van der Waals surface area (Å²) in [6.07, 6.45) is 1.90. The van der Waals surface area contributed by atoms with Crippen molar-refractivity contribution in [1.29, 1.82) is 0 Å². The number of benzene rings is 4. The van der Waals surface area contributed by atoms with E-state index >= 15 is 0 Å². The molecule has 51 heavy (non-hydrogen) atoms. The number of para-hydroxylation sites is 2. The van der Waals surface area contributed by atoms with Crippen LogP contribution in [0.5, 0.6) is 5.75 Å². The maximum atomic E-state index is 11.2. The normalized spacial score (nSPS) is 12.6. The monoisotopic (exact) mass is 689 g/mol. The number of phenols is 1. The summed E-state index contributed by atoms with van der Waals surface area (Å²) >= 11 is 1.68. The number of rotatable bonds is 5. The second-order valence-electron chi connectivity index (χ2n) is 16.7. The molecule has 0 spiro atoms. The van der Waals surface area contributed by atoms with Gasteiger partial charge in [-0.2, -0.15) is 0 Å². The standard InChI is InChI=1S/C46H47N3OS/c1-44(2,3)32-19-20-38-35(27-32)36-28-37(46(7,8)9)42(48-43(36)49(38)39-17-13-14-18-40(39)50)31-23-33(45(4,5)6)26-34(24-31)51-41-25-30(21-22-47-41)29-15-11-10-12-16-29/h10-28,50H,1-9H3. The SMILES string of the molecule is CC(C)(C)c1cc(Sc2cc(-c3ccccc3)ccn2)cc(-c2nc3c(cc2C(C)(C)C)c2cc(C(C)(C)C)ccc2n3-c2ccccc2O)c1. The van der Waals surface area contributed by atoms with Gasteiger partial charge in [0.25, 0.3) is 0 Å². The third-order valence-corrected chi connectivity index (χ3v) is 10.6. The van der Waals surface area contributed by atoms with Crippen LogP contribution in [0, 0.1) is 0 Å². The minimum Gasteiger partial charge on any atom is -0.506 e. The molecule has 0 saturated carbocycles. The molecule has 5 heteroatoms. The van der Waals surface area contributed by atoms with Crippen LogP contribution in [0.4, 0.5) is 0 Å². The van der Waals surface area contributed by atoms with Crippen LogP contribution < -0.4 is 0 Å². The van der Waals surface area contributed by atoms with E-state index in [1.165, 1.54) is 22.3 Å². The molecule has 3 aromatic heterocycles. The molecule has 0 aliphatic carbocycles. The first kappa shape index (κ1) is 34.6. The molecule has 0 radical (unpaired) electrons. The van der Waals surface area contributed by atoms with Gasteiger partial charge >= 0.3 is 0 Å². The predicted molar refractivity (Wildman–Crippen MR) is 216 cm³/mol. The summed E-state index contributed by atoms with van der Waals surface area (Å²) < 4.78 is 2.13. The van der Waals surface area contributed by atoms with Gasteiger partial charge < -0.3 is 5.11 Å². The van der Waals surface area contributed by atoms with E-state index in [1.54, 1.807) is 17.8 Å². The average Bonchev–Trinajstić information content (AvgIpc) is 3.40. The fraction of sp³-hybridized carbons (Fsp3) is 0.261. The molecular weight excluding hydrogens is 643 g/mol. The highest BCUT2D eigenvalue weighted by molar-refractivity contribution is 7.99. The Balaban J connectivity index is 1.49. The Morgan fingerprint density at radius 1 is 0.588 bits per heavy atom. The summed E-state index contributed by atoms with van der Waals surface area (Å²) in [4.78, 5) is 11.5. The quantitative estimate of drug-likeness (QED) is 0.195. The molecule has 0 amide bonds. The molecule has 4 aromatic carbocycles. The Morgan fingerprint density at radius 2 is 1.29 bits per heavy atom. The van der Waals surface area contributed by atoms with Gasteiger partial charge in [-0.1, -0.05) is 123 Å². The van der Waals surface area contributed by atoms with Crippen LogP contribution in [0.2, 0.25) is 0 Å². The number of nitrogens with zero attached hydrogens (tertiary/aromatic N) is 3. The van der Waals surface area contributed by atoms with Crippen molar-refractivity contribution < 1.29 is 5.11 Å². The first-order valence-electron chi connectivity index (χ1n) is 17.7. The molecule has 0 fully saturated rings. The Morgan fingerprint density at radius 3 is 1.98 bits per heavy atom. The van der Waals surface area contributed by atoms with Gasteiger partial charge in [-0.15, -0.1) is 0 Å². The summed E-state index contributed by atoms with van der Waals surface area (Å²) in [5, 5.41) is 14.4. The van der Waals surface area contributed by atoms with E-state index in [9.17, 15) is 5.11 Å². The summed E-state index contributed by atoms with van der Waals surface area (Å²) in [6.45, 7) is 20.3. The van der Waals surface area contributed by atoms with Crippen molar-refractivity contribution in [3.05, 3.63) is 132 Å². The fourth-order valence-corrected chi connectivity index (χ4v) is 7.63. The number of fused-ring (bicyclic) bond motifs is 3. The molecule has 0 atom stereocenters. The van der Waals surface area contributed by atoms with Crippen molar-refractivity contribution in [2.75, 3.05) is 0 Å². The van der Waals surface area contributed by atoms with Gasteiger partial charge in [0.15, 0.2) is 0 Å². The Labute approximate surface area is 306 Å². The number of pyridine rings is 2. The van der Waals surface area contributed by atoms with Gasteiger partial charge in [0.05, 0.1) is 16.9 Å². The van der Waals surface area contributed by atoms with E-state index in [4.69, 9.17) is 9.97 Å². The van der Waals surface area contributed by atoms with Crippen molar-refractivity contribution >= 4 is 33.7 Å². The maximum Gasteiger partial charge on any atom is 0.146 e. The highest BCUT2D eigenvalue weighted by atomic mass is 32.2. The smallest absolute Gasteiger partial charge is 0.146 e. The van der Waals surface area contributed by atoms with Crippen molar-refractivity contribution in [1.82, 2.24) is 14.5 Å². The van der Waals surface area contributed by atoms with Crippen LogP contribution in [-0.2, 0) is 16.2 Å². The van der Waals surface area contributed by atoms with Crippen molar-refractivity contribution in [3.8, 4) is 33.8 Å². The van der Waals surface area contributed by atoms with Crippen LogP contribution in [0.1, 0.15) is 79.0 Å². The second kappa shape index (κ2) is 12.7. The lowest BCUT2D eigenvalue weighted by molar-refractivity contribution is 0.473. The van der Waals surface area contributed by atoms with Crippen LogP contribution in [0.25, 0.3) is 50.0 Å². The molecule has 0 unspecified atom stereocenters. The molecule has 258 valence electrons. The minimum atomic E-state index is -0.196. The zero-order chi connectivity index (χ0) is 36.3. The van der Waals surface area contributed by atoms with Gasteiger partial charge in [-0.3, -0.25) is 4.57 Å². The lowest BCUT2D eigenvalue weighted by atomic mass is 9.81. The molecule has 7 aromatic rings. The summed E-state index contributed by atoms with van der Waals surface area (Å²) in [7, 11) is 0. The summed E-state index contributed by atoms with van der Waals surface area (Å²) in [5.74, 6) is 0.220. The Hall–Kier alpha value is -4.87. The van der Waals surface area contributed by atoms with Gasteiger partial charge in [0.1, 0.15) is 16.4 Å². The molecule has 1 N–H and O–H groups in total. The van der Waals surface area contributed by atoms with E-state index in [1.807, 2.05) is 30.5 Å².